The fourth-order valence-corrected chi connectivity index (χ4v) is 4.07. The summed E-state index contributed by atoms with van der Waals surface area (Å²) in [6.07, 6.45) is 2.49. The number of furan rings is 1. The lowest BCUT2D eigenvalue weighted by molar-refractivity contribution is 0.0799. The molecule has 2 aromatic rings. The number of hydrogen-bond acceptors (Lipinski definition) is 5. The zero-order valence-electron chi connectivity index (χ0n) is 15.9. The van der Waals surface area contributed by atoms with Crippen LogP contribution in [0, 0.1) is 0 Å². The Labute approximate surface area is 169 Å². The fourth-order valence-electron chi connectivity index (χ4n) is 3.90. The zero-order chi connectivity index (χ0) is 19.7. The number of hydrogen-bond donors (Lipinski definition) is 2. The second-order valence-corrected chi connectivity index (χ2v) is 8.31. The molecule has 7 heteroatoms. The van der Waals surface area contributed by atoms with E-state index in [2.05, 4.69) is 10.2 Å². The molecule has 28 heavy (non-hydrogen) atoms. The Bertz CT molecular complexity index is 858. The minimum Gasteiger partial charge on any atom is -0.456 e. The molecule has 0 radical (unpaired) electrons. The summed E-state index contributed by atoms with van der Waals surface area (Å²) in [6, 6.07) is 8.97. The number of aliphatic hydroxyl groups is 1. The van der Waals surface area contributed by atoms with E-state index in [9.17, 15) is 9.90 Å². The normalized spacial score (nSPS) is 23.2. The van der Waals surface area contributed by atoms with Crippen molar-refractivity contribution in [1.82, 2.24) is 0 Å². The second kappa shape index (κ2) is 7.78. The molecule has 6 nitrogen and oxygen atoms in total. The molecular formula is C21H25ClN2O4. The lowest BCUT2D eigenvalue weighted by Gasteiger charge is -2.23. The third-order valence-corrected chi connectivity index (χ3v) is 5.71. The lowest BCUT2D eigenvalue weighted by Crippen LogP contribution is -2.30. The van der Waals surface area contributed by atoms with E-state index in [-0.39, 0.29) is 11.7 Å². The van der Waals surface area contributed by atoms with Gasteiger partial charge in [0.25, 0.3) is 5.91 Å². The van der Waals surface area contributed by atoms with Crippen LogP contribution in [-0.4, -0.2) is 42.9 Å². The maximum atomic E-state index is 12.8. The van der Waals surface area contributed by atoms with Gasteiger partial charge in [0, 0.05) is 37.2 Å². The smallest absolute Gasteiger partial charge is 0.291 e. The highest BCUT2D eigenvalue weighted by Crippen LogP contribution is 2.35. The average molecular weight is 405 g/mol. The number of nitrogens with zero attached hydrogens (tertiary/aromatic N) is 1. The summed E-state index contributed by atoms with van der Waals surface area (Å²) in [6.45, 7) is 4.48. The van der Waals surface area contributed by atoms with Crippen LogP contribution >= 0.6 is 11.6 Å². The molecule has 2 saturated heterocycles. The van der Waals surface area contributed by atoms with Gasteiger partial charge in [0.05, 0.1) is 17.0 Å². The Morgan fingerprint density at radius 2 is 2.07 bits per heavy atom. The molecule has 2 fully saturated rings. The van der Waals surface area contributed by atoms with Crippen molar-refractivity contribution in [2.75, 3.05) is 36.5 Å². The molecule has 2 N–H and O–H groups in total. The quantitative estimate of drug-likeness (QED) is 0.804. The highest BCUT2D eigenvalue weighted by molar-refractivity contribution is 6.31. The zero-order valence-corrected chi connectivity index (χ0v) is 16.7. The predicted molar refractivity (Wildman–Crippen MR) is 108 cm³/mol. The van der Waals surface area contributed by atoms with Crippen molar-refractivity contribution in [3.05, 3.63) is 46.9 Å². The Balaban J connectivity index is 1.51. The summed E-state index contributed by atoms with van der Waals surface area (Å²) < 4.78 is 11.2. The standard InChI is InChI=1S/C21H25ClN2O4/c1-21(26)8-9-24(13-21)17-3-2-15(22)12-16(17)23-20(25)19-5-4-18(28-19)14-6-10-27-11-7-14/h2-5,12,14,26H,6-11,13H2,1H3,(H,23,25). The van der Waals surface area contributed by atoms with Gasteiger partial charge in [-0.1, -0.05) is 11.6 Å². The minimum absolute atomic E-state index is 0.279. The van der Waals surface area contributed by atoms with Crippen LogP contribution in [0.15, 0.2) is 34.7 Å². The van der Waals surface area contributed by atoms with E-state index in [4.69, 9.17) is 20.8 Å². The van der Waals surface area contributed by atoms with Gasteiger partial charge in [-0.05, 0) is 56.5 Å². The third kappa shape index (κ3) is 4.19. The van der Waals surface area contributed by atoms with Gasteiger partial charge in [0.15, 0.2) is 5.76 Å². The van der Waals surface area contributed by atoms with Crippen molar-refractivity contribution in [3.8, 4) is 0 Å². The lowest BCUT2D eigenvalue weighted by atomic mass is 9.98. The molecule has 150 valence electrons. The van der Waals surface area contributed by atoms with E-state index in [1.54, 1.807) is 18.2 Å². The van der Waals surface area contributed by atoms with Crippen molar-refractivity contribution in [3.63, 3.8) is 0 Å². The summed E-state index contributed by atoms with van der Waals surface area (Å²) in [5.74, 6) is 1.09. The highest BCUT2D eigenvalue weighted by Gasteiger charge is 2.32. The van der Waals surface area contributed by atoms with Gasteiger partial charge in [-0.2, -0.15) is 0 Å². The van der Waals surface area contributed by atoms with Gasteiger partial charge in [0.1, 0.15) is 5.76 Å². The molecule has 1 aromatic heterocycles. The van der Waals surface area contributed by atoms with E-state index in [1.165, 1.54) is 0 Å². The maximum absolute atomic E-state index is 12.8. The van der Waals surface area contributed by atoms with Crippen LogP contribution in [0.5, 0.6) is 0 Å². The summed E-state index contributed by atoms with van der Waals surface area (Å²) in [5.41, 5.74) is 0.714. The van der Waals surface area contributed by atoms with Gasteiger partial charge in [0.2, 0.25) is 0 Å². The number of amides is 1. The summed E-state index contributed by atoms with van der Waals surface area (Å²) in [5, 5.41) is 13.7. The fraction of sp³-hybridized carbons (Fsp3) is 0.476. The molecule has 3 heterocycles. The first-order valence-electron chi connectivity index (χ1n) is 9.67. The monoisotopic (exact) mass is 404 g/mol. The molecule has 0 aliphatic carbocycles. The number of nitrogens with one attached hydrogen (secondary N) is 1. The number of carbonyl (C=O) groups excluding carboxylic acids is 1. The van der Waals surface area contributed by atoms with Gasteiger partial charge >= 0.3 is 0 Å². The first-order chi connectivity index (χ1) is 13.4. The third-order valence-electron chi connectivity index (χ3n) is 5.47. The van der Waals surface area contributed by atoms with E-state index in [0.717, 1.165) is 37.5 Å². The highest BCUT2D eigenvalue weighted by atomic mass is 35.5. The van der Waals surface area contributed by atoms with Crippen LogP contribution in [0.3, 0.4) is 0 Å². The number of benzene rings is 1. The van der Waals surface area contributed by atoms with Crippen LogP contribution in [0.4, 0.5) is 11.4 Å². The number of halogens is 1. The van der Waals surface area contributed by atoms with E-state index in [0.29, 0.717) is 36.1 Å². The molecule has 0 saturated carbocycles. The van der Waals surface area contributed by atoms with Crippen molar-refractivity contribution in [2.24, 2.45) is 0 Å². The maximum Gasteiger partial charge on any atom is 0.291 e. The Morgan fingerprint density at radius 1 is 1.29 bits per heavy atom. The van der Waals surface area contributed by atoms with Gasteiger partial charge in [-0.25, -0.2) is 0 Å². The summed E-state index contributed by atoms with van der Waals surface area (Å²) in [7, 11) is 0. The first kappa shape index (κ1) is 19.3. The van der Waals surface area contributed by atoms with E-state index >= 15 is 0 Å². The van der Waals surface area contributed by atoms with Gasteiger partial charge in [-0.15, -0.1) is 0 Å². The van der Waals surface area contributed by atoms with Crippen LogP contribution in [-0.2, 0) is 4.74 Å². The number of anilines is 2. The number of carbonyl (C=O) groups is 1. The molecule has 0 spiro atoms. The van der Waals surface area contributed by atoms with Gasteiger partial charge < -0.3 is 24.5 Å². The first-order valence-corrected chi connectivity index (χ1v) is 10.0. The van der Waals surface area contributed by atoms with Gasteiger partial charge in [-0.3, -0.25) is 4.79 Å². The SMILES string of the molecule is CC1(O)CCN(c2ccc(Cl)cc2NC(=O)c2ccc(C3CCOCC3)o2)C1. The predicted octanol–water partition coefficient (Wildman–Crippen LogP) is 4.04. The van der Waals surface area contributed by atoms with Crippen molar-refractivity contribution in [2.45, 2.75) is 37.7 Å². The topological polar surface area (TPSA) is 74.9 Å². The van der Waals surface area contributed by atoms with Crippen LogP contribution < -0.4 is 10.2 Å². The molecule has 0 bridgehead atoms. The Kier molecular flexibility index (Phi) is 5.36. The largest absolute Gasteiger partial charge is 0.456 e. The van der Waals surface area contributed by atoms with Crippen LogP contribution in [0.2, 0.25) is 5.02 Å². The summed E-state index contributed by atoms with van der Waals surface area (Å²) >= 11 is 6.16. The van der Waals surface area contributed by atoms with Crippen LogP contribution in [0.25, 0.3) is 0 Å². The number of ether oxygens (including phenoxy) is 1. The van der Waals surface area contributed by atoms with E-state index in [1.807, 2.05) is 19.1 Å². The second-order valence-electron chi connectivity index (χ2n) is 7.87. The number of β-amino-alcohol motifs (C(OH)–C–C–N with tert-alkyl or cyclic N) is 1. The summed E-state index contributed by atoms with van der Waals surface area (Å²) in [4.78, 5) is 14.8. The Hall–Kier alpha value is -2.02. The van der Waals surface area contributed by atoms with Crippen molar-refractivity contribution in [1.29, 1.82) is 0 Å². The molecule has 1 atom stereocenters. The van der Waals surface area contributed by atoms with Crippen LogP contribution in [0.1, 0.15) is 48.4 Å². The number of rotatable bonds is 4. The molecular weight excluding hydrogens is 380 g/mol. The Morgan fingerprint density at radius 3 is 2.79 bits per heavy atom. The minimum atomic E-state index is -0.736. The molecule has 1 amide bonds. The molecule has 1 aromatic carbocycles. The molecule has 2 aliphatic rings. The van der Waals surface area contributed by atoms with Crippen molar-refractivity contribution < 1.29 is 19.1 Å². The van der Waals surface area contributed by atoms with E-state index < -0.39 is 5.60 Å². The van der Waals surface area contributed by atoms with Crippen molar-refractivity contribution >= 4 is 28.9 Å². The average Bonchev–Trinajstić information content (AvgIpc) is 3.29. The molecule has 1 unspecified atom stereocenters. The molecule has 2 aliphatic heterocycles. The molecule has 4 rings (SSSR count).